The number of hydrogen-bond donors (Lipinski definition) is 0. The van der Waals surface area contributed by atoms with Gasteiger partial charge in [-0.25, -0.2) is 4.98 Å². The Morgan fingerprint density at radius 3 is 2.50 bits per heavy atom. The number of hydrogen-bond acceptors (Lipinski definition) is 3. The fourth-order valence-corrected chi connectivity index (χ4v) is 1.03. The van der Waals surface area contributed by atoms with E-state index >= 15 is 0 Å². The number of aryl methyl sites for hydroxylation is 1. The van der Waals surface area contributed by atoms with E-state index in [0.29, 0.717) is 11.4 Å². The molecule has 0 saturated carbocycles. The standard InChI is InChI=1S/C11H15NO2/c1-8-5-10(14-11(2,3)4)12-6-9(8)7-13/h5-7H,1-4H3. The Kier molecular flexibility index (Phi) is 2.89. The minimum Gasteiger partial charge on any atom is -0.472 e. The predicted octanol–water partition coefficient (Wildman–Crippen LogP) is 2.38. The lowest BCUT2D eigenvalue weighted by Crippen LogP contribution is -2.23. The number of pyridine rings is 1. The van der Waals surface area contributed by atoms with Crippen molar-refractivity contribution >= 4 is 6.29 Å². The quantitative estimate of drug-likeness (QED) is 0.677. The molecule has 1 aromatic heterocycles. The summed E-state index contributed by atoms with van der Waals surface area (Å²) in [5, 5.41) is 0. The van der Waals surface area contributed by atoms with Gasteiger partial charge in [-0.05, 0) is 33.3 Å². The van der Waals surface area contributed by atoms with Crippen LogP contribution in [0.1, 0.15) is 36.7 Å². The molecule has 3 nitrogen and oxygen atoms in total. The Hall–Kier alpha value is -1.38. The average molecular weight is 193 g/mol. The van der Waals surface area contributed by atoms with Crippen LogP contribution in [-0.2, 0) is 0 Å². The van der Waals surface area contributed by atoms with E-state index in [-0.39, 0.29) is 5.60 Å². The van der Waals surface area contributed by atoms with Crippen LogP contribution in [-0.4, -0.2) is 16.9 Å². The molecule has 1 rings (SSSR count). The van der Waals surface area contributed by atoms with Crippen molar-refractivity contribution in [2.45, 2.75) is 33.3 Å². The summed E-state index contributed by atoms with van der Waals surface area (Å²) in [4.78, 5) is 14.6. The van der Waals surface area contributed by atoms with Crippen LogP contribution in [0, 0.1) is 6.92 Å². The van der Waals surface area contributed by atoms with Gasteiger partial charge in [-0.3, -0.25) is 4.79 Å². The summed E-state index contributed by atoms with van der Waals surface area (Å²) in [5.74, 6) is 0.556. The Bertz CT molecular complexity index is 340. The molecule has 0 aliphatic carbocycles. The molecule has 0 saturated heterocycles. The molecule has 1 heterocycles. The smallest absolute Gasteiger partial charge is 0.213 e. The third-order valence-electron chi connectivity index (χ3n) is 1.66. The van der Waals surface area contributed by atoms with Crippen molar-refractivity contribution in [2.24, 2.45) is 0 Å². The molecule has 0 amide bonds. The lowest BCUT2D eigenvalue weighted by atomic mass is 10.1. The molecule has 0 aromatic carbocycles. The van der Waals surface area contributed by atoms with Gasteiger partial charge in [0.15, 0.2) is 6.29 Å². The second-order valence-corrected chi connectivity index (χ2v) is 4.21. The summed E-state index contributed by atoms with van der Waals surface area (Å²) in [6.45, 7) is 7.73. The Morgan fingerprint density at radius 1 is 1.43 bits per heavy atom. The molecular formula is C11H15NO2. The number of aromatic nitrogens is 1. The molecule has 1 aromatic rings. The topological polar surface area (TPSA) is 39.2 Å². The molecule has 14 heavy (non-hydrogen) atoms. The Morgan fingerprint density at radius 2 is 2.07 bits per heavy atom. The number of rotatable bonds is 2. The van der Waals surface area contributed by atoms with E-state index in [9.17, 15) is 4.79 Å². The molecule has 0 fully saturated rings. The number of carbonyl (C=O) groups is 1. The first-order chi connectivity index (χ1) is 6.42. The second-order valence-electron chi connectivity index (χ2n) is 4.21. The summed E-state index contributed by atoms with van der Waals surface area (Å²) < 4.78 is 5.55. The van der Waals surface area contributed by atoms with Crippen molar-refractivity contribution in [3.8, 4) is 5.88 Å². The normalized spacial score (nSPS) is 11.1. The van der Waals surface area contributed by atoms with Crippen LogP contribution in [0.2, 0.25) is 0 Å². The average Bonchev–Trinajstić information content (AvgIpc) is 2.01. The fraction of sp³-hybridized carbons (Fsp3) is 0.455. The third kappa shape index (κ3) is 2.83. The fourth-order valence-electron chi connectivity index (χ4n) is 1.03. The molecule has 0 radical (unpaired) electrons. The molecule has 3 heteroatoms. The number of ether oxygens (including phenoxy) is 1. The van der Waals surface area contributed by atoms with Crippen molar-refractivity contribution in [1.82, 2.24) is 4.98 Å². The summed E-state index contributed by atoms with van der Waals surface area (Å²) in [6.07, 6.45) is 2.33. The zero-order valence-electron chi connectivity index (χ0n) is 9.00. The first-order valence-electron chi connectivity index (χ1n) is 4.53. The zero-order valence-corrected chi connectivity index (χ0v) is 9.00. The van der Waals surface area contributed by atoms with E-state index in [0.717, 1.165) is 11.8 Å². The van der Waals surface area contributed by atoms with Gasteiger partial charge in [0.25, 0.3) is 0 Å². The maximum atomic E-state index is 10.5. The highest BCUT2D eigenvalue weighted by molar-refractivity contribution is 5.76. The molecular weight excluding hydrogens is 178 g/mol. The van der Waals surface area contributed by atoms with E-state index in [2.05, 4.69) is 4.98 Å². The summed E-state index contributed by atoms with van der Waals surface area (Å²) in [6, 6.07) is 1.77. The van der Waals surface area contributed by atoms with Gasteiger partial charge in [-0.1, -0.05) is 0 Å². The molecule has 0 bridgehead atoms. The first kappa shape index (κ1) is 10.7. The van der Waals surface area contributed by atoms with E-state index in [1.807, 2.05) is 27.7 Å². The SMILES string of the molecule is Cc1cc(OC(C)(C)C)ncc1C=O. The lowest BCUT2D eigenvalue weighted by Gasteiger charge is -2.20. The molecule has 0 spiro atoms. The van der Waals surface area contributed by atoms with Crippen molar-refractivity contribution < 1.29 is 9.53 Å². The van der Waals surface area contributed by atoms with Crippen LogP contribution in [0.5, 0.6) is 5.88 Å². The lowest BCUT2D eigenvalue weighted by molar-refractivity contribution is 0.112. The Labute approximate surface area is 84.1 Å². The summed E-state index contributed by atoms with van der Waals surface area (Å²) in [7, 11) is 0. The van der Waals surface area contributed by atoms with Crippen molar-refractivity contribution in [1.29, 1.82) is 0 Å². The van der Waals surface area contributed by atoms with Gasteiger partial charge in [0, 0.05) is 17.8 Å². The highest BCUT2D eigenvalue weighted by Crippen LogP contribution is 2.17. The molecule has 0 atom stereocenters. The van der Waals surface area contributed by atoms with Crippen LogP contribution >= 0.6 is 0 Å². The third-order valence-corrected chi connectivity index (χ3v) is 1.66. The van der Waals surface area contributed by atoms with Gasteiger partial charge in [-0.2, -0.15) is 0 Å². The largest absolute Gasteiger partial charge is 0.472 e. The van der Waals surface area contributed by atoms with Gasteiger partial charge >= 0.3 is 0 Å². The monoisotopic (exact) mass is 193 g/mol. The molecule has 0 unspecified atom stereocenters. The highest BCUT2D eigenvalue weighted by atomic mass is 16.5. The molecule has 0 aliphatic rings. The van der Waals surface area contributed by atoms with Crippen molar-refractivity contribution in [3.05, 3.63) is 23.4 Å². The van der Waals surface area contributed by atoms with E-state index in [4.69, 9.17) is 4.74 Å². The number of aldehydes is 1. The van der Waals surface area contributed by atoms with E-state index in [1.165, 1.54) is 6.20 Å². The van der Waals surface area contributed by atoms with Crippen LogP contribution in [0.4, 0.5) is 0 Å². The second kappa shape index (κ2) is 3.78. The van der Waals surface area contributed by atoms with Crippen LogP contribution in [0.15, 0.2) is 12.3 Å². The van der Waals surface area contributed by atoms with Crippen LogP contribution in [0.3, 0.4) is 0 Å². The zero-order chi connectivity index (χ0) is 10.8. The number of carbonyl (C=O) groups excluding carboxylic acids is 1. The van der Waals surface area contributed by atoms with E-state index < -0.39 is 0 Å². The van der Waals surface area contributed by atoms with Gasteiger partial charge in [0.1, 0.15) is 5.60 Å². The van der Waals surface area contributed by atoms with Gasteiger partial charge in [-0.15, -0.1) is 0 Å². The Balaban J connectivity index is 2.92. The van der Waals surface area contributed by atoms with Crippen LogP contribution in [0.25, 0.3) is 0 Å². The van der Waals surface area contributed by atoms with Crippen LogP contribution < -0.4 is 4.74 Å². The van der Waals surface area contributed by atoms with Gasteiger partial charge < -0.3 is 4.74 Å². The van der Waals surface area contributed by atoms with Crippen molar-refractivity contribution in [2.75, 3.05) is 0 Å². The van der Waals surface area contributed by atoms with Gasteiger partial charge in [0.2, 0.25) is 5.88 Å². The molecule has 0 aliphatic heterocycles. The highest BCUT2D eigenvalue weighted by Gasteiger charge is 2.13. The van der Waals surface area contributed by atoms with E-state index in [1.54, 1.807) is 6.07 Å². The molecule has 76 valence electrons. The molecule has 0 N–H and O–H groups in total. The van der Waals surface area contributed by atoms with Crippen molar-refractivity contribution in [3.63, 3.8) is 0 Å². The first-order valence-corrected chi connectivity index (χ1v) is 4.53. The summed E-state index contributed by atoms with van der Waals surface area (Å²) in [5.41, 5.74) is 1.22. The minimum atomic E-state index is -0.262. The minimum absolute atomic E-state index is 0.262. The maximum Gasteiger partial charge on any atom is 0.213 e. The van der Waals surface area contributed by atoms with Gasteiger partial charge in [0.05, 0.1) is 0 Å². The predicted molar refractivity (Wildman–Crippen MR) is 54.7 cm³/mol. The maximum absolute atomic E-state index is 10.5. The summed E-state index contributed by atoms with van der Waals surface area (Å²) >= 11 is 0. The number of nitrogens with zero attached hydrogens (tertiary/aromatic N) is 1.